The van der Waals surface area contributed by atoms with Crippen LogP contribution in [0.1, 0.15) is 39.0 Å². The molecule has 1 aromatic rings. The van der Waals surface area contributed by atoms with Crippen molar-refractivity contribution in [3.05, 3.63) is 21.6 Å². The molecule has 0 amide bonds. The highest BCUT2D eigenvalue weighted by Crippen LogP contribution is 2.27. The summed E-state index contributed by atoms with van der Waals surface area (Å²) >= 11 is 6.15. The molecule has 1 saturated carbocycles. The SMILES string of the molecule is CCCC(COC)Nc1c(Cl)cnn(CC2CCC2)c1=O. The van der Waals surface area contributed by atoms with Crippen LogP contribution < -0.4 is 10.9 Å². The first-order valence-electron chi connectivity index (χ1n) is 7.66. The first-order chi connectivity index (χ1) is 10.2. The second-order valence-electron chi connectivity index (χ2n) is 5.74. The third kappa shape index (κ3) is 4.20. The van der Waals surface area contributed by atoms with Gasteiger partial charge in [0.25, 0.3) is 5.56 Å². The minimum atomic E-state index is -0.133. The van der Waals surface area contributed by atoms with Crippen molar-refractivity contribution in [3.63, 3.8) is 0 Å². The largest absolute Gasteiger partial charge is 0.383 e. The summed E-state index contributed by atoms with van der Waals surface area (Å²) < 4.78 is 6.74. The van der Waals surface area contributed by atoms with Crippen LogP contribution in [0.3, 0.4) is 0 Å². The van der Waals surface area contributed by atoms with Crippen LogP contribution in [-0.2, 0) is 11.3 Å². The minimum Gasteiger partial charge on any atom is -0.383 e. The van der Waals surface area contributed by atoms with E-state index in [2.05, 4.69) is 17.3 Å². The number of nitrogens with one attached hydrogen (secondary N) is 1. The molecular formula is C15H24ClN3O2. The number of ether oxygens (including phenoxy) is 1. The highest BCUT2D eigenvalue weighted by atomic mass is 35.5. The third-order valence-corrected chi connectivity index (χ3v) is 4.29. The molecule has 118 valence electrons. The molecule has 1 aliphatic rings. The van der Waals surface area contributed by atoms with Gasteiger partial charge < -0.3 is 10.1 Å². The van der Waals surface area contributed by atoms with Crippen LogP contribution in [0.25, 0.3) is 0 Å². The van der Waals surface area contributed by atoms with E-state index >= 15 is 0 Å². The Morgan fingerprint density at radius 2 is 2.33 bits per heavy atom. The van der Waals surface area contributed by atoms with E-state index in [4.69, 9.17) is 16.3 Å². The van der Waals surface area contributed by atoms with E-state index < -0.39 is 0 Å². The van der Waals surface area contributed by atoms with Crippen LogP contribution in [-0.4, -0.2) is 29.5 Å². The number of anilines is 1. The molecule has 0 aromatic carbocycles. The topological polar surface area (TPSA) is 56.1 Å². The number of aromatic nitrogens is 2. The normalized spacial score (nSPS) is 16.5. The number of hydrogen-bond acceptors (Lipinski definition) is 4. The molecular weight excluding hydrogens is 290 g/mol. The van der Waals surface area contributed by atoms with E-state index in [1.54, 1.807) is 13.3 Å². The Hall–Kier alpha value is -1.07. The zero-order chi connectivity index (χ0) is 15.2. The predicted octanol–water partition coefficient (Wildman–Crippen LogP) is 2.92. The molecule has 1 aliphatic carbocycles. The number of halogens is 1. The van der Waals surface area contributed by atoms with Crippen LogP contribution in [0.2, 0.25) is 5.02 Å². The van der Waals surface area contributed by atoms with Crippen molar-refractivity contribution < 1.29 is 4.74 Å². The van der Waals surface area contributed by atoms with Gasteiger partial charge in [-0.1, -0.05) is 31.4 Å². The molecule has 0 spiro atoms. The summed E-state index contributed by atoms with van der Waals surface area (Å²) in [5.41, 5.74) is 0.313. The maximum atomic E-state index is 12.5. The van der Waals surface area contributed by atoms with Crippen LogP contribution in [0.15, 0.2) is 11.0 Å². The highest BCUT2D eigenvalue weighted by molar-refractivity contribution is 6.33. The van der Waals surface area contributed by atoms with Crippen LogP contribution >= 0.6 is 11.6 Å². The van der Waals surface area contributed by atoms with Gasteiger partial charge in [-0.2, -0.15) is 5.10 Å². The van der Waals surface area contributed by atoms with E-state index in [-0.39, 0.29) is 11.6 Å². The van der Waals surface area contributed by atoms with Gasteiger partial charge in [-0.05, 0) is 25.2 Å². The maximum Gasteiger partial charge on any atom is 0.291 e. The summed E-state index contributed by atoms with van der Waals surface area (Å²) in [6, 6.07) is 0.0877. The van der Waals surface area contributed by atoms with E-state index in [0.717, 1.165) is 12.8 Å². The molecule has 1 aromatic heterocycles. The Labute approximate surface area is 130 Å². The third-order valence-electron chi connectivity index (χ3n) is 4.01. The number of nitrogens with zero attached hydrogens (tertiary/aromatic N) is 2. The Balaban J connectivity index is 2.16. The van der Waals surface area contributed by atoms with Crippen molar-refractivity contribution in [2.24, 2.45) is 5.92 Å². The lowest BCUT2D eigenvalue weighted by atomic mass is 9.85. The summed E-state index contributed by atoms with van der Waals surface area (Å²) in [6.45, 7) is 3.34. The fourth-order valence-corrected chi connectivity index (χ4v) is 2.78. The highest BCUT2D eigenvalue weighted by Gasteiger charge is 2.21. The lowest BCUT2D eigenvalue weighted by Gasteiger charge is -2.26. The molecule has 1 unspecified atom stereocenters. The van der Waals surface area contributed by atoms with Crippen molar-refractivity contribution >= 4 is 17.3 Å². The molecule has 6 heteroatoms. The Bertz CT molecular complexity index is 508. The Morgan fingerprint density at radius 3 is 2.90 bits per heavy atom. The second-order valence-corrected chi connectivity index (χ2v) is 6.14. The van der Waals surface area contributed by atoms with Gasteiger partial charge in [0.15, 0.2) is 0 Å². The van der Waals surface area contributed by atoms with E-state index in [0.29, 0.717) is 29.8 Å². The molecule has 1 N–H and O–H groups in total. The van der Waals surface area contributed by atoms with Gasteiger partial charge in [-0.25, -0.2) is 4.68 Å². The lowest BCUT2D eigenvalue weighted by molar-refractivity contribution is 0.182. The second kappa shape index (κ2) is 7.80. The van der Waals surface area contributed by atoms with Crippen LogP contribution in [0.4, 0.5) is 5.69 Å². The van der Waals surface area contributed by atoms with Gasteiger partial charge in [0.05, 0.1) is 17.8 Å². The smallest absolute Gasteiger partial charge is 0.291 e. The zero-order valence-electron chi connectivity index (χ0n) is 12.8. The molecule has 1 atom stereocenters. The lowest BCUT2D eigenvalue weighted by Crippen LogP contribution is -2.34. The van der Waals surface area contributed by atoms with Crippen molar-refractivity contribution in [3.8, 4) is 0 Å². The average Bonchev–Trinajstić information content (AvgIpc) is 2.41. The van der Waals surface area contributed by atoms with Gasteiger partial charge in [0.1, 0.15) is 5.69 Å². The van der Waals surface area contributed by atoms with Gasteiger partial charge in [0.2, 0.25) is 0 Å². The van der Waals surface area contributed by atoms with Gasteiger partial charge in [0, 0.05) is 19.7 Å². The number of methoxy groups -OCH3 is 1. The monoisotopic (exact) mass is 313 g/mol. The summed E-state index contributed by atoms with van der Waals surface area (Å²) in [7, 11) is 1.66. The molecule has 0 aliphatic heterocycles. The van der Waals surface area contributed by atoms with E-state index in [1.165, 1.54) is 23.9 Å². The summed E-state index contributed by atoms with van der Waals surface area (Å²) in [5, 5.41) is 7.77. The maximum absolute atomic E-state index is 12.5. The average molecular weight is 314 g/mol. The van der Waals surface area contributed by atoms with Crippen LogP contribution in [0.5, 0.6) is 0 Å². The van der Waals surface area contributed by atoms with E-state index in [9.17, 15) is 4.79 Å². The van der Waals surface area contributed by atoms with Gasteiger partial charge in [-0.15, -0.1) is 0 Å². The fraction of sp³-hybridized carbons (Fsp3) is 0.733. The van der Waals surface area contributed by atoms with Crippen molar-refractivity contribution in [1.29, 1.82) is 0 Å². The van der Waals surface area contributed by atoms with E-state index in [1.807, 2.05) is 0 Å². The number of rotatable bonds is 8. The molecule has 0 radical (unpaired) electrons. The summed E-state index contributed by atoms with van der Waals surface area (Å²) in [5.74, 6) is 0.578. The summed E-state index contributed by atoms with van der Waals surface area (Å²) in [4.78, 5) is 12.5. The summed E-state index contributed by atoms with van der Waals surface area (Å²) in [6.07, 6.45) is 7.11. The fourth-order valence-electron chi connectivity index (χ4n) is 2.60. The zero-order valence-corrected chi connectivity index (χ0v) is 13.5. The molecule has 5 nitrogen and oxygen atoms in total. The first-order valence-corrected chi connectivity index (χ1v) is 8.04. The minimum absolute atomic E-state index is 0.0877. The number of hydrogen-bond donors (Lipinski definition) is 1. The predicted molar refractivity (Wildman–Crippen MR) is 85.0 cm³/mol. The Kier molecular flexibility index (Phi) is 6.06. The molecule has 1 heterocycles. The van der Waals surface area contributed by atoms with Gasteiger partial charge >= 0.3 is 0 Å². The van der Waals surface area contributed by atoms with Crippen molar-refractivity contribution in [2.75, 3.05) is 19.0 Å². The molecule has 1 fully saturated rings. The molecule has 0 saturated heterocycles. The standard InChI is InChI=1S/C15H24ClN3O2/c1-3-5-12(10-21-2)18-14-13(16)8-17-19(15(14)20)9-11-6-4-7-11/h8,11-12,18H,3-7,9-10H2,1-2H3. The first kappa shape index (κ1) is 16.3. The molecule has 21 heavy (non-hydrogen) atoms. The molecule has 0 bridgehead atoms. The van der Waals surface area contributed by atoms with Gasteiger partial charge in [-0.3, -0.25) is 4.79 Å². The Morgan fingerprint density at radius 1 is 1.57 bits per heavy atom. The quantitative estimate of drug-likeness (QED) is 0.801. The van der Waals surface area contributed by atoms with Crippen LogP contribution in [0, 0.1) is 5.92 Å². The van der Waals surface area contributed by atoms with Crippen molar-refractivity contribution in [2.45, 2.75) is 51.6 Å². The van der Waals surface area contributed by atoms with Crippen molar-refractivity contribution in [1.82, 2.24) is 9.78 Å². The molecule has 2 rings (SSSR count).